The van der Waals surface area contributed by atoms with Crippen LogP contribution in [0.4, 0.5) is 20.6 Å². The molecular weight excluding hydrogens is 477 g/mol. The van der Waals surface area contributed by atoms with Gasteiger partial charge in [-0.05, 0) is 54.4 Å². The van der Waals surface area contributed by atoms with E-state index in [4.69, 9.17) is 9.47 Å². The number of fused-ring (bicyclic) bond motifs is 1. The predicted octanol–water partition coefficient (Wildman–Crippen LogP) is 5.28. The molecule has 37 heavy (non-hydrogen) atoms. The first-order valence-electron chi connectivity index (χ1n) is 11.6. The van der Waals surface area contributed by atoms with Crippen LogP contribution in [-0.2, 0) is 11.2 Å². The zero-order valence-corrected chi connectivity index (χ0v) is 20.4. The van der Waals surface area contributed by atoms with Gasteiger partial charge in [0.2, 0.25) is 11.8 Å². The van der Waals surface area contributed by atoms with E-state index in [-0.39, 0.29) is 17.8 Å². The number of methoxy groups -OCH3 is 1. The lowest BCUT2D eigenvalue weighted by atomic mass is 10.1. The van der Waals surface area contributed by atoms with E-state index in [1.807, 2.05) is 0 Å². The van der Waals surface area contributed by atoms with Crippen molar-refractivity contribution >= 4 is 34.2 Å². The molecule has 3 N–H and O–H groups in total. The maximum atomic E-state index is 13.3. The molecule has 0 aliphatic carbocycles. The number of ether oxygens (including phenoxy) is 2. The smallest absolute Gasteiger partial charge is 0.319 e. The molecule has 0 bridgehead atoms. The molecule has 0 atom stereocenters. The highest BCUT2D eigenvalue weighted by Crippen LogP contribution is 2.34. The molecule has 4 aromatic rings. The number of anilines is 2. The molecule has 1 aromatic heterocycles. The topological polar surface area (TPSA) is 114 Å². The SMILES string of the molecule is CCC(=O)Nc1cc2c(Oc3ccc(NC(=O)NCCc4cccc(F)c4)cc3)ncnc2cc1OC. The van der Waals surface area contributed by atoms with Gasteiger partial charge in [0.15, 0.2) is 0 Å². The Morgan fingerprint density at radius 2 is 1.81 bits per heavy atom. The fraction of sp³-hybridized carbons (Fsp3) is 0.185. The van der Waals surface area contributed by atoms with Crippen molar-refractivity contribution in [1.29, 1.82) is 0 Å². The van der Waals surface area contributed by atoms with Gasteiger partial charge < -0.3 is 25.4 Å². The Morgan fingerprint density at radius 1 is 1.00 bits per heavy atom. The molecule has 0 aliphatic rings. The summed E-state index contributed by atoms with van der Waals surface area (Å²) >= 11 is 0. The number of hydrogen-bond acceptors (Lipinski definition) is 6. The van der Waals surface area contributed by atoms with Crippen LogP contribution >= 0.6 is 0 Å². The van der Waals surface area contributed by atoms with Crippen LogP contribution < -0.4 is 25.4 Å². The molecule has 0 saturated heterocycles. The van der Waals surface area contributed by atoms with Gasteiger partial charge in [0.25, 0.3) is 0 Å². The molecule has 0 aliphatic heterocycles. The lowest BCUT2D eigenvalue weighted by Gasteiger charge is -2.13. The number of benzene rings is 3. The van der Waals surface area contributed by atoms with Crippen molar-refractivity contribution in [3.63, 3.8) is 0 Å². The summed E-state index contributed by atoms with van der Waals surface area (Å²) in [6.07, 6.45) is 2.22. The number of nitrogens with zero attached hydrogens (tertiary/aromatic N) is 2. The van der Waals surface area contributed by atoms with E-state index in [0.29, 0.717) is 59.0 Å². The van der Waals surface area contributed by atoms with Crippen molar-refractivity contribution in [2.75, 3.05) is 24.3 Å². The molecular formula is C27H26FN5O4. The van der Waals surface area contributed by atoms with Crippen molar-refractivity contribution in [3.8, 4) is 17.4 Å². The molecule has 3 amide bonds. The molecule has 9 nitrogen and oxygen atoms in total. The van der Waals surface area contributed by atoms with Crippen LogP contribution in [0.2, 0.25) is 0 Å². The van der Waals surface area contributed by atoms with Crippen LogP contribution in [0, 0.1) is 5.82 Å². The molecule has 0 unspecified atom stereocenters. The first-order valence-corrected chi connectivity index (χ1v) is 11.6. The van der Waals surface area contributed by atoms with E-state index in [0.717, 1.165) is 5.56 Å². The third kappa shape index (κ3) is 6.69. The van der Waals surface area contributed by atoms with Crippen LogP contribution in [0.3, 0.4) is 0 Å². The Hall–Kier alpha value is -4.73. The Kier molecular flexibility index (Phi) is 8.09. The van der Waals surface area contributed by atoms with Gasteiger partial charge in [-0.2, -0.15) is 0 Å². The minimum absolute atomic E-state index is 0.155. The number of carbonyl (C=O) groups is 2. The number of aromatic nitrogens is 2. The van der Waals surface area contributed by atoms with Gasteiger partial charge in [-0.1, -0.05) is 19.1 Å². The third-order valence-corrected chi connectivity index (χ3v) is 5.43. The van der Waals surface area contributed by atoms with Gasteiger partial charge in [-0.25, -0.2) is 19.2 Å². The Bertz CT molecular complexity index is 1410. The highest BCUT2D eigenvalue weighted by atomic mass is 19.1. The van der Waals surface area contributed by atoms with E-state index >= 15 is 0 Å². The summed E-state index contributed by atoms with van der Waals surface area (Å²) in [4.78, 5) is 32.6. The quantitative estimate of drug-likeness (QED) is 0.286. The lowest BCUT2D eigenvalue weighted by Crippen LogP contribution is -2.30. The van der Waals surface area contributed by atoms with Crippen molar-refractivity contribution < 1.29 is 23.5 Å². The van der Waals surface area contributed by atoms with Crippen LogP contribution in [0.1, 0.15) is 18.9 Å². The summed E-state index contributed by atoms with van der Waals surface area (Å²) in [5, 5.41) is 8.89. The minimum Gasteiger partial charge on any atom is -0.494 e. The van der Waals surface area contributed by atoms with Crippen LogP contribution in [0.25, 0.3) is 10.9 Å². The Morgan fingerprint density at radius 3 is 2.54 bits per heavy atom. The maximum Gasteiger partial charge on any atom is 0.319 e. The van der Waals surface area contributed by atoms with E-state index in [1.54, 1.807) is 55.5 Å². The van der Waals surface area contributed by atoms with Gasteiger partial charge in [-0.3, -0.25) is 4.79 Å². The second kappa shape index (κ2) is 11.8. The standard InChI is InChI=1S/C27H26FN5O4/c1-3-25(34)33-23-14-21-22(15-24(23)36-2)30-16-31-26(21)37-20-9-7-19(8-10-20)32-27(35)29-12-11-17-5-4-6-18(28)13-17/h4-10,13-16H,3,11-12H2,1-2H3,(H,33,34)(H2,29,32,35). The number of amides is 3. The van der Waals surface area contributed by atoms with Crippen LogP contribution in [0.15, 0.2) is 67.0 Å². The van der Waals surface area contributed by atoms with Crippen molar-refractivity contribution in [2.24, 2.45) is 0 Å². The number of nitrogens with one attached hydrogen (secondary N) is 3. The van der Waals surface area contributed by atoms with E-state index in [2.05, 4.69) is 25.9 Å². The zero-order valence-electron chi connectivity index (χ0n) is 20.4. The van der Waals surface area contributed by atoms with Crippen molar-refractivity contribution in [2.45, 2.75) is 19.8 Å². The fourth-order valence-corrected chi connectivity index (χ4v) is 3.55. The molecule has 190 valence electrons. The second-order valence-corrected chi connectivity index (χ2v) is 8.04. The van der Waals surface area contributed by atoms with E-state index in [9.17, 15) is 14.0 Å². The minimum atomic E-state index is -0.373. The highest BCUT2D eigenvalue weighted by Gasteiger charge is 2.14. The summed E-state index contributed by atoms with van der Waals surface area (Å²) in [5.41, 5.74) is 2.45. The first-order chi connectivity index (χ1) is 17.9. The molecule has 0 radical (unpaired) electrons. The van der Waals surface area contributed by atoms with Gasteiger partial charge in [0.05, 0.1) is 23.7 Å². The van der Waals surface area contributed by atoms with Gasteiger partial charge in [0.1, 0.15) is 23.6 Å². The maximum absolute atomic E-state index is 13.3. The number of urea groups is 1. The Balaban J connectivity index is 1.40. The molecule has 4 rings (SSSR count). The Labute approximate surface area is 213 Å². The van der Waals surface area contributed by atoms with E-state index in [1.165, 1.54) is 25.6 Å². The molecule has 10 heteroatoms. The molecule has 3 aromatic carbocycles. The van der Waals surface area contributed by atoms with Crippen molar-refractivity contribution in [1.82, 2.24) is 15.3 Å². The summed E-state index contributed by atoms with van der Waals surface area (Å²) in [6, 6.07) is 16.1. The largest absolute Gasteiger partial charge is 0.494 e. The fourth-order valence-electron chi connectivity index (χ4n) is 3.55. The number of rotatable bonds is 9. The van der Waals surface area contributed by atoms with Crippen LogP contribution in [0.5, 0.6) is 17.4 Å². The molecule has 1 heterocycles. The monoisotopic (exact) mass is 503 g/mol. The zero-order chi connectivity index (χ0) is 26.2. The second-order valence-electron chi connectivity index (χ2n) is 8.04. The van der Waals surface area contributed by atoms with Crippen molar-refractivity contribution in [3.05, 3.63) is 78.4 Å². The van der Waals surface area contributed by atoms with Gasteiger partial charge in [0, 0.05) is 24.7 Å². The average Bonchev–Trinajstić information content (AvgIpc) is 2.89. The third-order valence-electron chi connectivity index (χ3n) is 5.43. The molecule has 0 fully saturated rings. The highest BCUT2D eigenvalue weighted by molar-refractivity contribution is 5.97. The van der Waals surface area contributed by atoms with E-state index < -0.39 is 0 Å². The normalized spacial score (nSPS) is 10.6. The lowest BCUT2D eigenvalue weighted by molar-refractivity contribution is -0.115. The molecule has 0 spiro atoms. The number of halogens is 1. The summed E-state index contributed by atoms with van der Waals surface area (Å²) in [7, 11) is 1.52. The number of hydrogen-bond donors (Lipinski definition) is 3. The van der Waals surface area contributed by atoms with Gasteiger partial charge in [-0.15, -0.1) is 0 Å². The summed E-state index contributed by atoms with van der Waals surface area (Å²) in [5.74, 6) is 0.812. The van der Waals surface area contributed by atoms with Gasteiger partial charge >= 0.3 is 6.03 Å². The average molecular weight is 504 g/mol. The van der Waals surface area contributed by atoms with Crippen LogP contribution in [-0.4, -0.2) is 35.6 Å². The predicted molar refractivity (Wildman–Crippen MR) is 139 cm³/mol. The summed E-state index contributed by atoms with van der Waals surface area (Å²) in [6.45, 7) is 2.12. The summed E-state index contributed by atoms with van der Waals surface area (Å²) < 4.78 is 24.6. The number of carbonyl (C=O) groups excluding carboxylic acids is 2. The molecule has 0 saturated carbocycles. The first kappa shape index (κ1) is 25.4.